The van der Waals surface area contributed by atoms with E-state index in [0.29, 0.717) is 12.6 Å². The zero-order valence-corrected chi connectivity index (χ0v) is 12.9. The summed E-state index contributed by atoms with van der Waals surface area (Å²) in [5, 5.41) is 0. The Bertz CT molecular complexity index is 489. The van der Waals surface area contributed by atoms with Gasteiger partial charge < -0.3 is 10.6 Å². The van der Waals surface area contributed by atoms with E-state index in [2.05, 4.69) is 49.6 Å². The van der Waals surface area contributed by atoms with Crippen molar-refractivity contribution in [2.45, 2.75) is 33.7 Å². The van der Waals surface area contributed by atoms with Crippen LogP contribution in [0.5, 0.6) is 0 Å². The Labute approximate surface area is 121 Å². The highest BCUT2D eigenvalue weighted by Crippen LogP contribution is 2.28. The van der Waals surface area contributed by atoms with Crippen molar-refractivity contribution < 1.29 is 4.79 Å². The van der Waals surface area contributed by atoms with Gasteiger partial charge in [0.1, 0.15) is 0 Å². The average molecular weight is 275 g/mol. The van der Waals surface area contributed by atoms with Crippen LogP contribution in [0.2, 0.25) is 0 Å². The summed E-state index contributed by atoms with van der Waals surface area (Å²) >= 11 is 0. The van der Waals surface area contributed by atoms with Crippen LogP contribution >= 0.6 is 0 Å². The van der Waals surface area contributed by atoms with Crippen LogP contribution in [0, 0.1) is 20.8 Å². The molecule has 2 N–H and O–H groups in total. The molecule has 0 aliphatic carbocycles. The molecule has 1 saturated heterocycles. The Morgan fingerprint density at radius 1 is 1.25 bits per heavy atom. The van der Waals surface area contributed by atoms with Gasteiger partial charge in [0, 0.05) is 31.4 Å². The fourth-order valence-corrected chi connectivity index (χ4v) is 3.30. The molecule has 1 unspecified atom stereocenters. The summed E-state index contributed by atoms with van der Waals surface area (Å²) in [5.74, 6) is -0.243. The van der Waals surface area contributed by atoms with E-state index in [-0.39, 0.29) is 5.91 Å². The maximum atomic E-state index is 11.1. The number of nitrogens with two attached hydrogens (primary N) is 1. The molecule has 1 aliphatic rings. The summed E-state index contributed by atoms with van der Waals surface area (Å²) in [6.07, 6.45) is 0. The monoisotopic (exact) mass is 275 g/mol. The van der Waals surface area contributed by atoms with Gasteiger partial charge in [0.05, 0.1) is 6.54 Å². The van der Waals surface area contributed by atoms with E-state index in [1.54, 1.807) is 0 Å². The van der Waals surface area contributed by atoms with E-state index in [9.17, 15) is 4.79 Å². The first-order valence-corrected chi connectivity index (χ1v) is 7.23. The third-order valence-electron chi connectivity index (χ3n) is 4.08. The number of nitrogens with zero attached hydrogens (tertiary/aromatic N) is 2. The lowest BCUT2D eigenvalue weighted by Crippen LogP contribution is -2.54. The number of piperazine rings is 1. The molecule has 1 atom stereocenters. The standard InChI is InChI=1S/C16H25N3O/c1-11-7-12(2)16(13(3)8-11)19-6-5-18(10-15(17)20)14(4)9-19/h7-8,14H,5-6,9-10H2,1-4H3,(H2,17,20). The van der Waals surface area contributed by atoms with Crippen molar-refractivity contribution in [1.82, 2.24) is 4.90 Å². The summed E-state index contributed by atoms with van der Waals surface area (Å²) in [6.45, 7) is 11.8. The molecule has 1 aromatic rings. The fraction of sp³-hybridized carbons (Fsp3) is 0.562. The Morgan fingerprint density at radius 2 is 1.85 bits per heavy atom. The minimum Gasteiger partial charge on any atom is -0.369 e. The lowest BCUT2D eigenvalue weighted by atomic mass is 10.0. The van der Waals surface area contributed by atoms with Gasteiger partial charge in [-0.25, -0.2) is 0 Å². The summed E-state index contributed by atoms with van der Waals surface area (Å²) in [4.78, 5) is 15.7. The maximum absolute atomic E-state index is 11.1. The van der Waals surface area contributed by atoms with Crippen LogP contribution in [-0.4, -0.2) is 43.0 Å². The van der Waals surface area contributed by atoms with Gasteiger partial charge in [0.2, 0.25) is 5.91 Å². The molecule has 1 heterocycles. The molecule has 2 rings (SSSR count). The Kier molecular flexibility index (Phi) is 4.33. The number of rotatable bonds is 3. The number of amides is 1. The van der Waals surface area contributed by atoms with Crippen LogP contribution in [0.15, 0.2) is 12.1 Å². The van der Waals surface area contributed by atoms with Gasteiger partial charge in [-0.05, 0) is 38.8 Å². The molecule has 1 amide bonds. The van der Waals surface area contributed by atoms with Gasteiger partial charge in [0.15, 0.2) is 0 Å². The van der Waals surface area contributed by atoms with Gasteiger partial charge in [0.25, 0.3) is 0 Å². The largest absolute Gasteiger partial charge is 0.369 e. The second-order valence-corrected chi connectivity index (χ2v) is 5.98. The first kappa shape index (κ1) is 14.9. The van der Waals surface area contributed by atoms with Gasteiger partial charge in [-0.1, -0.05) is 17.7 Å². The summed E-state index contributed by atoms with van der Waals surface area (Å²) in [5.41, 5.74) is 10.6. The first-order chi connectivity index (χ1) is 9.38. The van der Waals surface area contributed by atoms with Crippen LogP contribution in [0.4, 0.5) is 5.69 Å². The fourth-order valence-electron chi connectivity index (χ4n) is 3.30. The van der Waals surface area contributed by atoms with Gasteiger partial charge in [-0.2, -0.15) is 0 Å². The molecule has 110 valence electrons. The normalized spacial score (nSPS) is 20.2. The van der Waals surface area contributed by atoms with E-state index in [0.717, 1.165) is 19.6 Å². The lowest BCUT2D eigenvalue weighted by Gasteiger charge is -2.41. The molecule has 0 radical (unpaired) electrons. The smallest absolute Gasteiger partial charge is 0.231 e. The molecule has 20 heavy (non-hydrogen) atoms. The van der Waals surface area contributed by atoms with Gasteiger partial charge in [-0.15, -0.1) is 0 Å². The zero-order chi connectivity index (χ0) is 14.9. The first-order valence-electron chi connectivity index (χ1n) is 7.23. The SMILES string of the molecule is Cc1cc(C)c(N2CCN(CC(N)=O)C(C)C2)c(C)c1. The number of benzene rings is 1. The second-order valence-electron chi connectivity index (χ2n) is 5.98. The van der Waals surface area contributed by atoms with Crippen LogP contribution in [-0.2, 0) is 4.79 Å². The topological polar surface area (TPSA) is 49.6 Å². The number of aryl methyl sites for hydroxylation is 3. The third kappa shape index (κ3) is 3.12. The highest BCUT2D eigenvalue weighted by atomic mass is 16.1. The van der Waals surface area contributed by atoms with Crippen LogP contribution in [0.25, 0.3) is 0 Å². The number of hydrogen-bond acceptors (Lipinski definition) is 3. The third-order valence-corrected chi connectivity index (χ3v) is 4.08. The lowest BCUT2D eigenvalue weighted by molar-refractivity contribution is -0.119. The van der Waals surface area contributed by atoms with E-state index in [1.165, 1.54) is 22.4 Å². The maximum Gasteiger partial charge on any atom is 0.231 e. The van der Waals surface area contributed by atoms with E-state index < -0.39 is 0 Å². The number of carbonyl (C=O) groups is 1. The average Bonchev–Trinajstić information content (AvgIpc) is 2.30. The molecule has 4 heteroatoms. The summed E-state index contributed by atoms with van der Waals surface area (Å²) < 4.78 is 0. The van der Waals surface area contributed by atoms with E-state index in [4.69, 9.17) is 5.73 Å². The summed E-state index contributed by atoms with van der Waals surface area (Å²) in [7, 11) is 0. The molecular weight excluding hydrogens is 250 g/mol. The second kappa shape index (κ2) is 5.83. The van der Waals surface area contributed by atoms with Crippen molar-refractivity contribution in [3.63, 3.8) is 0 Å². The van der Waals surface area contributed by atoms with Crippen LogP contribution < -0.4 is 10.6 Å². The number of hydrogen-bond donors (Lipinski definition) is 1. The van der Waals surface area contributed by atoms with Crippen molar-refractivity contribution in [3.8, 4) is 0 Å². The predicted octanol–water partition coefficient (Wildman–Crippen LogP) is 1.61. The molecule has 0 spiro atoms. The molecule has 0 bridgehead atoms. The Morgan fingerprint density at radius 3 is 2.35 bits per heavy atom. The minimum atomic E-state index is -0.243. The quantitative estimate of drug-likeness (QED) is 0.911. The highest BCUT2D eigenvalue weighted by Gasteiger charge is 2.26. The van der Waals surface area contributed by atoms with Crippen molar-refractivity contribution >= 4 is 11.6 Å². The molecular formula is C16H25N3O. The Hall–Kier alpha value is -1.55. The van der Waals surface area contributed by atoms with Crippen molar-refractivity contribution in [2.75, 3.05) is 31.1 Å². The van der Waals surface area contributed by atoms with Crippen molar-refractivity contribution in [1.29, 1.82) is 0 Å². The number of carbonyl (C=O) groups excluding carboxylic acids is 1. The summed E-state index contributed by atoms with van der Waals surface area (Å²) in [6, 6.07) is 4.82. The number of anilines is 1. The van der Waals surface area contributed by atoms with Gasteiger partial charge >= 0.3 is 0 Å². The number of primary amides is 1. The minimum absolute atomic E-state index is 0.243. The van der Waals surface area contributed by atoms with Crippen LogP contribution in [0.1, 0.15) is 23.6 Å². The molecule has 1 fully saturated rings. The molecule has 0 aromatic heterocycles. The highest BCUT2D eigenvalue weighted by molar-refractivity contribution is 5.76. The predicted molar refractivity (Wildman–Crippen MR) is 83.1 cm³/mol. The molecule has 4 nitrogen and oxygen atoms in total. The molecule has 0 saturated carbocycles. The van der Waals surface area contributed by atoms with Crippen LogP contribution in [0.3, 0.4) is 0 Å². The van der Waals surface area contributed by atoms with E-state index >= 15 is 0 Å². The molecule has 1 aliphatic heterocycles. The van der Waals surface area contributed by atoms with Gasteiger partial charge in [-0.3, -0.25) is 9.69 Å². The Balaban J connectivity index is 2.15. The zero-order valence-electron chi connectivity index (χ0n) is 12.9. The van der Waals surface area contributed by atoms with E-state index in [1.807, 2.05) is 0 Å². The van der Waals surface area contributed by atoms with Crippen molar-refractivity contribution in [2.24, 2.45) is 5.73 Å². The molecule has 1 aromatic carbocycles. The van der Waals surface area contributed by atoms with Crippen molar-refractivity contribution in [3.05, 3.63) is 28.8 Å².